The predicted octanol–water partition coefficient (Wildman–Crippen LogP) is 3.60. The second-order valence-electron chi connectivity index (χ2n) is 6.53. The number of hydrogen-bond acceptors (Lipinski definition) is 2. The molecule has 1 fully saturated rings. The number of aliphatic carboxylic acids is 1. The number of hydrogen-bond donors (Lipinski definition) is 2. The zero-order valence-corrected chi connectivity index (χ0v) is 15.4. The van der Waals surface area contributed by atoms with Crippen LogP contribution < -0.4 is 5.32 Å². The van der Waals surface area contributed by atoms with E-state index in [1.807, 2.05) is 7.85 Å². The van der Waals surface area contributed by atoms with Gasteiger partial charge in [-0.05, 0) is 38.6 Å². The van der Waals surface area contributed by atoms with Gasteiger partial charge in [0.15, 0.2) is 0 Å². The minimum Gasteiger partial charge on any atom is -0.481 e. The summed E-state index contributed by atoms with van der Waals surface area (Å²) in [5.74, 6) is -0.638. The highest BCUT2D eigenvalue weighted by Gasteiger charge is 2.41. The number of halogens is 2. The summed E-state index contributed by atoms with van der Waals surface area (Å²) in [5, 5.41) is 12.5. The topological polar surface area (TPSA) is 49.3 Å². The molecule has 1 rings (SSSR count). The Morgan fingerprint density at radius 3 is 2.19 bits per heavy atom. The molecule has 0 heterocycles. The average molecular weight is 340 g/mol. The highest BCUT2D eigenvalue weighted by Crippen LogP contribution is 2.41. The van der Waals surface area contributed by atoms with E-state index in [1.54, 1.807) is 0 Å². The van der Waals surface area contributed by atoms with Crippen LogP contribution in [0.3, 0.4) is 0 Å². The molecule has 1 aliphatic carbocycles. The summed E-state index contributed by atoms with van der Waals surface area (Å²) in [6, 6.07) is 0. The van der Waals surface area contributed by atoms with Gasteiger partial charge >= 0.3 is 5.97 Å². The summed E-state index contributed by atoms with van der Waals surface area (Å²) < 4.78 is 0. The van der Waals surface area contributed by atoms with Crippen LogP contribution in [0.5, 0.6) is 0 Å². The third-order valence-electron chi connectivity index (χ3n) is 4.64. The van der Waals surface area contributed by atoms with E-state index in [2.05, 4.69) is 19.2 Å². The first-order valence-electron chi connectivity index (χ1n) is 7.96. The lowest BCUT2D eigenvalue weighted by Crippen LogP contribution is -2.35. The fraction of sp³-hybridized carbons (Fsp3) is 0.933. The number of carboxylic acid groups (broad SMARTS) is 1. The fourth-order valence-corrected chi connectivity index (χ4v) is 2.69. The van der Waals surface area contributed by atoms with Crippen LogP contribution in [0, 0.1) is 0 Å². The molecule has 0 radical (unpaired) electrons. The van der Waals surface area contributed by atoms with Crippen molar-refractivity contribution in [3.8, 4) is 0 Å². The Labute approximate surface area is 143 Å². The van der Waals surface area contributed by atoms with Gasteiger partial charge < -0.3 is 10.4 Å². The summed E-state index contributed by atoms with van der Waals surface area (Å²) in [6.45, 7) is 5.18. The van der Waals surface area contributed by atoms with Gasteiger partial charge in [0.2, 0.25) is 0 Å². The Balaban J connectivity index is 0. The molecule has 0 saturated heterocycles. The van der Waals surface area contributed by atoms with Gasteiger partial charge in [-0.15, -0.1) is 24.8 Å². The molecule has 21 heavy (non-hydrogen) atoms. The molecule has 0 aromatic rings. The molecular weight excluding hydrogens is 308 g/mol. The second-order valence-corrected chi connectivity index (χ2v) is 6.53. The van der Waals surface area contributed by atoms with Crippen molar-refractivity contribution in [3.05, 3.63) is 0 Å². The molecule has 0 spiro atoms. The van der Waals surface area contributed by atoms with Gasteiger partial charge in [-0.1, -0.05) is 39.5 Å². The maximum Gasteiger partial charge on any atom is 0.301 e. The van der Waals surface area contributed by atoms with Crippen molar-refractivity contribution in [1.82, 2.24) is 5.32 Å². The minimum atomic E-state index is -0.638. The Morgan fingerprint density at radius 2 is 1.76 bits per heavy atom. The SMILES string of the molecule is BC(CCCC)(CCNC1(CCCC)CC1)C(=O)O.Cl.Cl. The van der Waals surface area contributed by atoms with Gasteiger partial charge in [0.1, 0.15) is 7.85 Å². The molecule has 0 aromatic heterocycles. The van der Waals surface area contributed by atoms with E-state index in [0.29, 0.717) is 5.54 Å². The molecule has 0 aromatic carbocycles. The third kappa shape index (κ3) is 7.76. The van der Waals surface area contributed by atoms with Gasteiger partial charge in [0.05, 0.1) is 0 Å². The van der Waals surface area contributed by atoms with Crippen molar-refractivity contribution in [2.75, 3.05) is 6.54 Å². The van der Waals surface area contributed by atoms with Gasteiger partial charge in [-0.3, -0.25) is 4.79 Å². The summed E-state index contributed by atoms with van der Waals surface area (Å²) >= 11 is 0. The lowest BCUT2D eigenvalue weighted by Gasteiger charge is -2.26. The van der Waals surface area contributed by atoms with E-state index < -0.39 is 11.3 Å². The molecule has 0 bridgehead atoms. The first kappa shape index (κ1) is 23.3. The molecule has 0 aliphatic heterocycles. The van der Waals surface area contributed by atoms with E-state index in [1.165, 1.54) is 32.1 Å². The third-order valence-corrected chi connectivity index (χ3v) is 4.64. The number of unbranched alkanes of at least 4 members (excludes halogenated alkanes) is 2. The molecular formula is C15H32BCl2NO2. The highest BCUT2D eigenvalue weighted by atomic mass is 35.5. The van der Waals surface area contributed by atoms with Crippen LogP contribution in [0.4, 0.5) is 0 Å². The number of carboxylic acids is 1. The lowest BCUT2D eigenvalue weighted by atomic mass is 9.63. The molecule has 126 valence electrons. The minimum absolute atomic E-state index is 0. The van der Waals surface area contributed by atoms with Crippen LogP contribution in [0.25, 0.3) is 0 Å². The highest BCUT2D eigenvalue weighted by molar-refractivity contribution is 6.26. The zero-order chi connectivity index (χ0) is 14.4. The van der Waals surface area contributed by atoms with Gasteiger partial charge in [0, 0.05) is 10.9 Å². The first-order valence-corrected chi connectivity index (χ1v) is 7.96. The van der Waals surface area contributed by atoms with Crippen molar-refractivity contribution < 1.29 is 9.90 Å². The Kier molecular flexibility index (Phi) is 11.9. The van der Waals surface area contributed by atoms with E-state index in [0.717, 1.165) is 32.2 Å². The van der Waals surface area contributed by atoms with E-state index in [4.69, 9.17) is 0 Å². The van der Waals surface area contributed by atoms with E-state index in [9.17, 15) is 9.90 Å². The van der Waals surface area contributed by atoms with Gasteiger partial charge in [-0.25, -0.2) is 0 Å². The Bertz CT molecular complexity index is 301. The molecule has 0 amide bonds. The van der Waals surface area contributed by atoms with Crippen LogP contribution in [-0.2, 0) is 4.79 Å². The molecule has 1 aliphatic rings. The van der Waals surface area contributed by atoms with Crippen LogP contribution in [0.1, 0.15) is 71.6 Å². The van der Waals surface area contributed by atoms with Gasteiger partial charge in [0.25, 0.3) is 0 Å². The first-order chi connectivity index (χ1) is 8.98. The molecule has 2 N–H and O–H groups in total. The van der Waals surface area contributed by atoms with Crippen LogP contribution in [-0.4, -0.2) is 31.0 Å². The normalized spacial score (nSPS) is 18.0. The molecule has 3 nitrogen and oxygen atoms in total. The number of nitrogens with one attached hydrogen (secondary N) is 1. The summed E-state index contributed by atoms with van der Waals surface area (Å²) in [5.41, 5.74) is 0.361. The quantitative estimate of drug-likeness (QED) is 0.565. The van der Waals surface area contributed by atoms with E-state index in [-0.39, 0.29) is 24.8 Å². The maximum absolute atomic E-state index is 11.4. The summed E-state index contributed by atoms with van der Waals surface area (Å²) in [4.78, 5) is 11.4. The molecule has 1 atom stereocenters. The molecule has 6 heteroatoms. The van der Waals surface area contributed by atoms with Crippen LogP contribution in [0.15, 0.2) is 0 Å². The summed E-state index contributed by atoms with van der Waals surface area (Å²) in [6.07, 6.45) is 9.92. The largest absolute Gasteiger partial charge is 0.481 e. The summed E-state index contributed by atoms with van der Waals surface area (Å²) in [7, 11) is 1.90. The van der Waals surface area contributed by atoms with Crippen molar-refractivity contribution in [2.45, 2.75) is 82.5 Å². The average Bonchev–Trinajstić information content (AvgIpc) is 3.14. The van der Waals surface area contributed by atoms with Crippen molar-refractivity contribution in [3.63, 3.8) is 0 Å². The fourth-order valence-electron chi connectivity index (χ4n) is 2.69. The van der Waals surface area contributed by atoms with Crippen LogP contribution >= 0.6 is 24.8 Å². The predicted molar refractivity (Wildman–Crippen MR) is 97.0 cm³/mol. The smallest absolute Gasteiger partial charge is 0.301 e. The van der Waals surface area contributed by atoms with Crippen molar-refractivity contribution in [2.24, 2.45) is 0 Å². The lowest BCUT2D eigenvalue weighted by molar-refractivity contribution is -0.141. The maximum atomic E-state index is 11.4. The Morgan fingerprint density at radius 1 is 1.19 bits per heavy atom. The monoisotopic (exact) mass is 339 g/mol. The standard InChI is InChI=1S/C15H30BNO2.2ClH/c1-3-5-7-14(9-10-14)17-12-11-15(16,13(18)19)8-6-4-2;;/h17H,3-12,16H2,1-2H3,(H,18,19);2*1H. The second kappa shape index (κ2) is 10.7. The molecule has 1 saturated carbocycles. The Hall–Kier alpha value is 0.0749. The van der Waals surface area contributed by atoms with E-state index >= 15 is 0 Å². The van der Waals surface area contributed by atoms with Crippen molar-refractivity contribution >= 4 is 38.6 Å². The van der Waals surface area contributed by atoms with Crippen LogP contribution in [0.2, 0.25) is 5.31 Å². The number of rotatable bonds is 11. The molecule has 1 unspecified atom stereocenters. The van der Waals surface area contributed by atoms with Gasteiger partial charge in [-0.2, -0.15) is 0 Å². The zero-order valence-electron chi connectivity index (χ0n) is 13.7. The van der Waals surface area contributed by atoms with Crippen molar-refractivity contribution in [1.29, 1.82) is 0 Å². The number of carbonyl (C=O) groups is 1.